The molecule has 1 aromatic rings. The number of nitrogens with zero attached hydrogens (tertiary/aromatic N) is 2. The van der Waals surface area contributed by atoms with E-state index in [1.54, 1.807) is 0 Å². The summed E-state index contributed by atoms with van der Waals surface area (Å²) in [4.78, 5) is 0. The number of rotatable bonds is 6. The molecule has 0 bridgehead atoms. The first kappa shape index (κ1) is 13.6. The summed E-state index contributed by atoms with van der Waals surface area (Å²) in [5, 5.41) is 3.55. The summed E-state index contributed by atoms with van der Waals surface area (Å²) in [7, 11) is 0. The molecule has 0 saturated heterocycles. The molecule has 0 aromatic carbocycles. The average Bonchev–Trinajstić information content (AvgIpc) is 2.69. The Morgan fingerprint density at radius 1 is 1.44 bits per heavy atom. The molecule has 0 radical (unpaired) electrons. The molecule has 92 valence electrons. The summed E-state index contributed by atoms with van der Waals surface area (Å²) in [5.74, 6) is 0. The van der Waals surface area contributed by atoms with Gasteiger partial charge < -0.3 is 5.32 Å². The average molecular weight is 241 g/mol. The van der Waals surface area contributed by atoms with Crippen LogP contribution in [0.4, 0.5) is 0 Å². The molecule has 1 aromatic heterocycles. The highest BCUT2D eigenvalue weighted by molar-refractivity contribution is 6.99. The Labute approximate surface area is 103 Å². The second kappa shape index (κ2) is 6.30. The number of aromatic nitrogens is 2. The van der Waals surface area contributed by atoms with Crippen molar-refractivity contribution in [3.63, 3.8) is 0 Å². The summed E-state index contributed by atoms with van der Waals surface area (Å²) in [6.45, 7) is 10.1. The third-order valence-corrected chi connectivity index (χ3v) is 3.05. The second-order valence-corrected chi connectivity index (χ2v) is 6.00. The van der Waals surface area contributed by atoms with Gasteiger partial charge in [-0.15, -0.1) is 0 Å². The van der Waals surface area contributed by atoms with Gasteiger partial charge in [-0.1, -0.05) is 27.7 Å². The molecule has 0 aliphatic rings. The molecule has 1 heterocycles. The van der Waals surface area contributed by atoms with Crippen LogP contribution < -0.4 is 5.32 Å². The highest BCUT2D eigenvalue weighted by Gasteiger charge is 2.17. The Hall–Kier alpha value is -0.480. The summed E-state index contributed by atoms with van der Waals surface area (Å²) < 4.78 is 8.42. The van der Waals surface area contributed by atoms with Gasteiger partial charge in [0.05, 0.1) is 29.7 Å². The molecular formula is C12H23N3S. The quantitative estimate of drug-likeness (QED) is 0.829. The molecule has 0 aliphatic carbocycles. The number of hydrogen-bond acceptors (Lipinski definition) is 4. The molecule has 1 unspecified atom stereocenters. The second-order valence-electron chi connectivity index (χ2n) is 5.44. The standard InChI is InChI=1S/C12H23N3S/c1-5-8-13-10(6-7-12(2,3)4)11-9-14-16-15-11/h9-10,13H,5-8H2,1-4H3. The molecule has 16 heavy (non-hydrogen) atoms. The Morgan fingerprint density at radius 2 is 2.19 bits per heavy atom. The van der Waals surface area contributed by atoms with E-state index >= 15 is 0 Å². The van der Waals surface area contributed by atoms with Gasteiger partial charge in [-0.25, -0.2) is 0 Å². The van der Waals surface area contributed by atoms with Crippen LogP contribution in [0, 0.1) is 5.41 Å². The zero-order valence-corrected chi connectivity index (χ0v) is 11.6. The molecule has 0 saturated carbocycles. The topological polar surface area (TPSA) is 37.8 Å². The Balaban J connectivity index is 2.51. The molecule has 0 fully saturated rings. The van der Waals surface area contributed by atoms with E-state index in [1.165, 1.54) is 18.1 Å². The van der Waals surface area contributed by atoms with Crippen molar-refractivity contribution in [2.24, 2.45) is 5.41 Å². The van der Waals surface area contributed by atoms with Crippen LogP contribution in [0.1, 0.15) is 58.7 Å². The van der Waals surface area contributed by atoms with Crippen molar-refractivity contribution in [3.05, 3.63) is 11.9 Å². The van der Waals surface area contributed by atoms with Crippen LogP contribution in [-0.2, 0) is 0 Å². The van der Waals surface area contributed by atoms with E-state index in [4.69, 9.17) is 0 Å². The van der Waals surface area contributed by atoms with E-state index < -0.39 is 0 Å². The summed E-state index contributed by atoms with van der Waals surface area (Å²) in [5.41, 5.74) is 1.48. The van der Waals surface area contributed by atoms with Crippen LogP contribution >= 0.6 is 11.7 Å². The first-order valence-corrected chi connectivity index (χ1v) is 6.77. The van der Waals surface area contributed by atoms with Crippen LogP contribution in [0.5, 0.6) is 0 Å². The van der Waals surface area contributed by atoms with E-state index in [0.717, 1.165) is 25.1 Å². The lowest BCUT2D eigenvalue weighted by atomic mass is 9.88. The molecule has 1 rings (SSSR count). The number of hydrogen-bond donors (Lipinski definition) is 1. The predicted molar refractivity (Wildman–Crippen MR) is 69.6 cm³/mol. The first-order chi connectivity index (χ1) is 7.53. The van der Waals surface area contributed by atoms with E-state index in [-0.39, 0.29) is 0 Å². The van der Waals surface area contributed by atoms with Crippen LogP contribution in [0.25, 0.3) is 0 Å². The zero-order chi connectivity index (χ0) is 12.0. The first-order valence-electron chi connectivity index (χ1n) is 6.04. The minimum atomic E-state index is 0.373. The highest BCUT2D eigenvalue weighted by Crippen LogP contribution is 2.26. The molecule has 1 atom stereocenters. The maximum atomic E-state index is 4.34. The fourth-order valence-electron chi connectivity index (χ4n) is 1.58. The smallest absolute Gasteiger partial charge is 0.0912 e. The third kappa shape index (κ3) is 5.03. The van der Waals surface area contributed by atoms with Gasteiger partial charge in [0.2, 0.25) is 0 Å². The van der Waals surface area contributed by atoms with Crippen LogP contribution in [0.15, 0.2) is 6.20 Å². The van der Waals surface area contributed by atoms with Gasteiger partial charge in [-0.3, -0.25) is 0 Å². The third-order valence-electron chi connectivity index (χ3n) is 2.56. The monoisotopic (exact) mass is 241 g/mol. The molecule has 4 heteroatoms. The summed E-state index contributed by atoms with van der Waals surface area (Å²) >= 11 is 1.29. The van der Waals surface area contributed by atoms with Crippen LogP contribution in [0.3, 0.4) is 0 Å². The SMILES string of the molecule is CCCNC(CCC(C)(C)C)c1cnsn1. The van der Waals surface area contributed by atoms with Crippen molar-refractivity contribution >= 4 is 11.7 Å². The van der Waals surface area contributed by atoms with Gasteiger partial charge in [0, 0.05) is 0 Å². The Morgan fingerprint density at radius 3 is 2.69 bits per heavy atom. The summed E-state index contributed by atoms with van der Waals surface area (Å²) in [6, 6.07) is 0.373. The fraction of sp³-hybridized carbons (Fsp3) is 0.833. The van der Waals surface area contributed by atoms with E-state index in [2.05, 4.69) is 41.8 Å². The van der Waals surface area contributed by atoms with Crippen LogP contribution in [-0.4, -0.2) is 15.3 Å². The van der Waals surface area contributed by atoms with Crippen molar-refractivity contribution in [1.29, 1.82) is 0 Å². The van der Waals surface area contributed by atoms with Gasteiger partial charge in [0.15, 0.2) is 0 Å². The molecular weight excluding hydrogens is 218 g/mol. The summed E-state index contributed by atoms with van der Waals surface area (Å²) in [6.07, 6.45) is 5.38. The minimum Gasteiger partial charge on any atom is -0.309 e. The lowest BCUT2D eigenvalue weighted by Gasteiger charge is -2.22. The minimum absolute atomic E-state index is 0.373. The maximum Gasteiger partial charge on any atom is 0.0912 e. The molecule has 0 spiro atoms. The van der Waals surface area contributed by atoms with Gasteiger partial charge in [0.1, 0.15) is 0 Å². The van der Waals surface area contributed by atoms with E-state index in [0.29, 0.717) is 11.5 Å². The predicted octanol–water partition coefficient (Wildman–Crippen LogP) is 3.41. The van der Waals surface area contributed by atoms with Crippen LogP contribution in [0.2, 0.25) is 0 Å². The van der Waals surface area contributed by atoms with Crippen molar-refractivity contribution in [2.45, 2.75) is 53.0 Å². The van der Waals surface area contributed by atoms with Gasteiger partial charge in [-0.2, -0.15) is 8.75 Å². The molecule has 1 N–H and O–H groups in total. The van der Waals surface area contributed by atoms with Gasteiger partial charge >= 0.3 is 0 Å². The number of nitrogens with one attached hydrogen (secondary N) is 1. The molecule has 0 aliphatic heterocycles. The largest absolute Gasteiger partial charge is 0.309 e. The Kier molecular flexibility index (Phi) is 5.35. The van der Waals surface area contributed by atoms with Crippen molar-refractivity contribution in [3.8, 4) is 0 Å². The van der Waals surface area contributed by atoms with E-state index in [9.17, 15) is 0 Å². The van der Waals surface area contributed by atoms with Crippen molar-refractivity contribution in [2.75, 3.05) is 6.54 Å². The molecule has 3 nitrogen and oxygen atoms in total. The highest BCUT2D eigenvalue weighted by atomic mass is 32.1. The van der Waals surface area contributed by atoms with Crippen molar-refractivity contribution < 1.29 is 0 Å². The zero-order valence-electron chi connectivity index (χ0n) is 10.8. The van der Waals surface area contributed by atoms with Gasteiger partial charge in [0.25, 0.3) is 0 Å². The maximum absolute atomic E-state index is 4.34. The lowest BCUT2D eigenvalue weighted by molar-refractivity contribution is 0.330. The van der Waals surface area contributed by atoms with Crippen molar-refractivity contribution in [1.82, 2.24) is 14.1 Å². The Bertz CT molecular complexity index is 277. The normalized spacial score (nSPS) is 14.0. The van der Waals surface area contributed by atoms with E-state index in [1.807, 2.05) is 6.20 Å². The molecule has 0 amide bonds. The lowest BCUT2D eigenvalue weighted by Crippen LogP contribution is -2.23. The fourth-order valence-corrected chi connectivity index (χ4v) is 2.05. The van der Waals surface area contributed by atoms with Gasteiger partial charge in [-0.05, 0) is 31.2 Å².